The van der Waals surface area contributed by atoms with E-state index in [1.807, 2.05) is 24.3 Å². The second kappa shape index (κ2) is 15.7. The molecule has 1 N–H and O–H groups in total. The predicted octanol–water partition coefficient (Wildman–Crippen LogP) is 2.32. The van der Waals surface area contributed by atoms with Crippen LogP contribution in [0.25, 0.3) is 0 Å². The van der Waals surface area contributed by atoms with Crippen LogP contribution in [0.2, 0.25) is 0 Å². The maximum absolute atomic E-state index is 13.3. The summed E-state index contributed by atoms with van der Waals surface area (Å²) in [6.07, 6.45) is -2.02. The monoisotopic (exact) mass is 651 g/mol. The van der Waals surface area contributed by atoms with Crippen LogP contribution < -0.4 is 4.74 Å². The lowest BCUT2D eigenvalue weighted by Crippen LogP contribution is -2.50. The molecule has 252 valence electrons. The molecule has 3 aliphatic heterocycles. The highest BCUT2D eigenvalue weighted by atomic mass is 19.4. The van der Waals surface area contributed by atoms with Crippen LogP contribution in [0.3, 0.4) is 0 Å². The Labute approximate surface area is 264 Å². The number of alkyl halides is 3. The highest BCUT2D eigenvalue weighted by Crippen LogP contribution is 2.32. The van der Waals surface area contributed by atoms with Crippen molar-refractivity contribution in [3.63, 3.8) is 0 Å². The van der Waals surface area contributed by atoms with Crippen molar-refractivity contribution in [1.29, 1.82) is 0 Å². The number of carbonyl (C=O) groups is 2. The van der Waals surface area contributed by atoms with Gasteiger partial charge in [0.25, 0.3) is 11.7 Å². The van der Waals surface area contributed by atoms with Crippen LogP contribution in [-0.2, 0) is 31.7 Å². The number of nitrogens with zero attached hydrogens (tertiary/aromatic N) is 7. The van der Waals surface area contributed by atoms with Crippen LogP contribution in [0.4, 0.5) is 13.2 Å². The van der Waals surface area contributed by atoms with Gasteiger partial charge in [0.05, 0.1) is 32.8 Å². The lowest BCUT2D eigenvalue weighted by molar-refractivity contribution is -0.147. The van der Waals surface area contributed by atoms with Gasteiger partial charge in [0.15, 0.2) is 12.4 Å². The quantitative estimate of drug-likeness (QED) is 0.322. The Kier molecular flexibility index (Phi) is 11.5. The van der Waals surface area contributed by atoms with E-state index in [9.17, 15) is 22.8 Å². The number of ether oxygens (including phenoxy) is 3. The van der Waals surface area contributed by atoms with Gasteiger partial charge in [0.2, 0.25) is 0 Å². The molecule has 13 nitrogen and oxygen atoms in total. The molecule has 1 amide bonds. The molecule has 2 fully saturated rings. The Morgan fingerprint density at radius 2 is 1.59 bits per heavy atom. The molecule has 1 aromatic carbocycles. The van der Waals surface area contributed by atoms with Crippen molar-refractivity contribution in [2.24, 2.45) is 5.10 Å². The lowest BCUT2D eigenvalue weighted by Gasteiger charge is -2.35. The van der Waals surface area contributed by atoms with E-state index >= 15 is 0 Å². The SMILES string of the molecule is O=C(O)CCOCCOCCN1CCN(C(=O)COc2ccc(C3CCN(C4=Nn5c(nnc5C(F)(F)F)CC4)CC3)cc2)CC1. The van der Waals surface area contributed by atoms with Gasteiger partial charge < -0.3 is 29.1 Å². The maximum atomic E-state index is 13.3. The number of amides is 1. The van der Waals surface area contributed by atoms with Crippen molar-refractivity contribution < 1.29 is 42.1 Å². The second-order valence-corrected chi connectivity index (χ2v) is 11.5. The van der Waals surface area contributed by atoms with E-state index in [4.69, 9.17) is 19.3 Å². The first-order valence-corrected chi connectivity index (χ1v) is 15.6. The van der Waals surface area contributed by atoms with Gasteiger partial charge in [0, 0.05) is 58.7 Å². The number of likely N-dealkylation sites (tertiary alicyclic amines) is 1. The summed E-state index contributed by atoms with van der Waals surface area (Å²) in [5.41, 5.74) is 1.16. The number of hydrogen-bond acceptors (Lipinski definition) is 10. The molecule has 2 aromatic rings. The summed E-state index contributed by atoms with van der Waals surface area (Å²) < 4.78 is 57.2. The third-order valence-corrected chi connectivity index (χ3v) is 8.43. The zero-order chi connectivity index (χ0) is 32.5. The van der Waals surface area contributed by atoms with Crippen LogP contribution in [-0.4, -0.2) is 131 Å². The minimum Gasteiger partial charge on any atom is -0.484 e. The van der Waals surface area contributed by atoms with Gasteiger partial charge in [-0.1, -0.05) is 12.1 Å². The molecule has 0 saturated carbocycles. The average Bonchev–Trinajstić information content (AvgIpc) is 3.50. The van der Waals surface area contributed by atoms with E-state index in [-0.39, 0.29) is 31.4 Å². The van der Waals surface area contributed by atoms with Crippen molar-refractivity contribution in [3.8, 4) is 5.75 Å². The number of aliphatic carboxylic acids is 1. The first-order valence-electron chi connectivity index (χ1n) is 15.6. The largest absolute Gasteiger partial charge is 0.484 e. The van der Waals surface area contributed by atoms with Gasteiger partial charge >= 0.3 is 12.1 Å². The number of piperazine rings is 1. The van der Waals surface area contributed by atoms with E-state index in [0.29, 0.717) is 76.3 Å². The molecule has 0 atom stereocenters. The zero-order valence-corrected chi connectivity index (χ0v) is 25.7. The molecule has 2 saturated heterocycles. The van der Waals surface area contributed by atoms with Crippen molar-refractivity contribution in [1.82, 2.24) is 29.6 Å². The highest BCUT2D eigenvalue weighted by molar-refractivity contribution is 5.83. The second-order valence-electron chi connectivity index (χ2n) is 11.5. The van der Waals surface area contributed by atoms with Gasteiger partial charge in [-0.15, -0.1) is 10.2 Å². The topological polar surface area (TPSA) is 135 Å². The summed E-state index contributed by atoms with van der Waals surface area (Å²) in [4.78, 5) is 29.3. The first kappa shape index (κ1) is 33.6. The van der Waals surface area contributed by atoms with E-state index in [2.05, 4.69) is 25.1 Å². The van der Waals surface area contributed by atoms with Crippen LogP contribution in [0.5, 0.6) is 5.75 Å². The van der Waals surface area contributed by atoms with Gasteiger partial charge in [0.1, 0.15) is 11.6 Å². The molecular weight excluding hydrogens is 611 g/mol. The summed E-state index contributed by atoms with van der Waals surface area (Å²) >= 11 is 0. The smallest absolute Gasteiger partial charge is 0.453 e. The van der Waals surface area contributed by atoms with E-state index < -0.39 is 18.0 Å². The number of halogens is 3. The molecule has 1 aromatic heterocycles. The number of benzene rings is 1. The number of carboxylic acid groups (broad SMARTS) is 1. The molecule has 0 radical (unpaired) electrons. The molecule has 0 unspecified atom stereocenters. The molecule has 0 aliphatic carbocycles. The minimum absolute atomic E-state index is 0.0169. The van der Waals surface area contributed by atoms with E-state index in [0.717, 1.165) is 42.7 Å². The van der Waals surface area contributed by atoms with Crippen molar-refractivity contribution >= 4 is 17.7 Å². The highest BCUT2D eigenvalue weighted by Gasteiger charge is 2.40. The first-order chi connectivity index (χ1) is 22.2. The standard InChI is InChI=1S/C30H40F3N7O6/c31-30(32,33)29-35-34-25-5-6-26(36-40(25)29)38-10-7-23(8-11-38)22-1-3-24(4-2-22)46-21-27(41)39-14-12-37(13-15-39)16-18-45-20-19-44-17-9-28(42)43/h1-4,23H,5-21H2,(H,42,43). The number of hydrogen-bond donors (Lipinski definition) is 1. The molecular formula is C30H40F3N7O6. The normalized spacial score (nSPS) is 17.9. The van der Waals surface area contributed by atoms with Gasteiger partial charge in [-0.25, -0.2) is 0 Å². The Hall–Kier alpha value is -3.76. The third kappa shape index (κ3) is 9.16. The summed E-state index contributed by atoms with van der Waals surface area (Å²) in [6, 6.07) is 7.78. The molecule has 4 heterocycles. The Morgan fingerprint density at radius 1 is 0.891 bits per heavy atom. The number of piperidine rings is 1. The van der Waals surface area contributed by atoms with Gasteiger partial charge in [-0.05, 0) is 36.5 Å². The molecule has 46 heavy (non-hydrogen) atoms. The molecule has 3 aliphatic rings. The lowest BCUT2D eigenvalue weighted by atomic mass is 9.89. The number of aryl methyl sites for hydroxylation is 1. The number of amidine groups is 1. The van der Waals surface area contributed by atoms with Crippen LogP contribution in [0.15, 0.2) is 29.4 Å². The average molecular weight is 652 g/mol. The summed E-state index contributed by atoms with van der Waals surface area (Å²) in [5, 5.41) is 19.8. The minimum atomic E-state index is -4.61. The number of carboxylic acids is 1. The Morgan fingerprint density at radius 3 is 2.26 bits per heavy atom. The predicted molar refractivity (Wildman–Crippen MR) is 159 cm³/mol. The van der Waals surface area contributed by atoms with E-state index in [1.54, 1.807) is 4.90 Å². The maximum Gasteiger partial charge on any atom is 0.453 e. The van der Waals surface area contributed by atoms with E-state index in [1.165, 1.54) is 0 Å². The Balaban J connectivity index is 0.976. The Bertz CT molecular complexity index is 1340. The van der Waals surface area contributed by atoms with Crippen LogP contribution in [0, 0.1) is 0 Å². The van der Waals surface area contributed by atoms with Crippen molar-refractivity contribution in [2.75, 3.05) is 78.8 Å². The number of rotatable bonds is 13. The van der Waals surface area contributed by atoms with Gasteiger partial charge in [-0.2, -0.15) is 22.9 Å². The van der Waals surface area contributed by atoms with Crippen molar-refractivity contribution in [3.05, 3.63) is 41.5 Å². The fourth-order valence-corrected chi connectivity index (χ4v) is 5.80. The number of carbonyl (C=O) groups excluding carboxylic acids is 1. The van der Waals surface area contributed by atoms with Crippen LogP contribution in [0.1, 0.15) is 48.8 Å². The summed E-state index contributed by atoms with van der Waals surface area (Å²) in [6.45, 7) is 6.35. The summed E-state index contributed by atoms with van der Waals surface area (Å²) in [5.74, 6) is -0.233. The molecule has 16 heteroatoms. The fourth-order valence-electron chi connectivity index (χ4n) is 5.80. The fraction of sp³-hybridized carbons (Fsp3) is 0.633. The van der Waals surface area contributed by atoms with Crippen molar-refractivity contribution in [2.45, 2.75) is 44.2 Å². The zero-order valence-electron chi connectivity index (χ0n) is 25.7. The molecule has 5 rings (SSSR count). The summed E-state index contributed by atoms with van der Waals surface area (Å²) in [7, 11) is 0. The number of fused-ring (bicyclic) bond motifs is 1. The number of aromatic nitrogens is 3. The third-order valence-electron chi connectivity index (χ3n) is 8.43. The van der Waals surface area contributed by atoms with Crippen LogP contribution >= 0.6 is 0 Å². The van der Waals surface area contributed by atoms with Gasteiger partial charge in [-0.3, -0.25) is 14.5 Å². The molecule has 0 bridgehead atoms. The molecule has 0 spiro atoms.